The van der Waals surface area contributed by atoms with Gasteiger partial charge >= 0.3 is 6.18 Å². The number of aryl methyl sites for hydroxylation is 1. The molecule has 0 saturated carbocycles. The highest BCUT2D eigenvalue weighted by Crippen LogP contribution is 2.32. The third-order valence-electron chi connectivity index (χ3n) is 3.95. The van der Waals surface area contributed by atoms with E-state index < -0.39 is 11.7 Å². The first-order valence-electron chi connectivity index (χ1n) is 7.94. The maximum Gasteiger partial charge on any atom is 0.416 e. The molecule has 1 aromatic heterocycles. The average Bonchev–Trinajstić information content (AvgIpc) is 3.07. The SMILES string of the molecule is Cc1ccc(-c2ccc(/C=C(/C#N)c3ccc(C(F)(F)F)cc3)o2)c(Br)c1. The number of rotatable bonds is 3. The van der Waals surface area contributed by atoms with Gasteiger partial charge in [-0.2, -0.15) is 18.4 Å². The summed E-state index contributed by atoms with van der Waals surface area (Å²) in [7, 11) is 0. The molecule has 0 aliphatic carbocycles. The smallest absolute Gasteiger partial charge is 0.416 e. The van der Waals surface area contributed by atoms with Gasteiger partial charge in [-0.15, -0.1) is 0 Å². The van der Waals surface area contributed by atoms with Gasteiger partial charge in [-0.05, 0) is 60.5 Å². The Morgan fingerprint density at radius 3 is 2.37 bits per heavy atom. The van der Waals surface area contributed by atoms with E-state index in [1.165, 1.54) is 18.2 Å². The highest BCUT2D eigenvalue weighted by atomic mass is 79.9. The number of nitrogens with zero attached hydrogens (tertiary/aromatic N) is 1. The van der Waals surface area contributed by atoms with E-state index >= 15 is 0 Å². The Morgan fingerprint density at radius 2 is 1.78 bits per heavy atom. The van der Waals surface area contributed by atoms with Gasteiger partial charge in [-0.25, -0.2) is 0 Å². The van der Waals surface area contributed by atoms with Crippen LogP contribution in [0.1, 0.15) is 22.5 Å². The molecule has 0 atom stereocenters. The third kappa shape index (κ3) is 4.32. The molecule has 0 amide bonds. The van der Waals surface area contributed by atoms with Gasteiger partial charge in [-0.1, -0.05) is 34.1 Å². The molecule has 3 aromatic rings. The second-order valence-corrected chi connectivity index (χ2v) is 6.78. The summed E-state index contributed by atoms with van der Waals surface area (Å²) in [6.45, 7) is 1.98. The molecule has 1 heterocycles. The molecule has 27 heavy (non-hydrogen) atoms. The molecule has 0 aliphatic heterocycles. The summed E-state index contributed by atoms with van der Waals surface area (Å²) in [5.41, 5.74) is 1.82. The van der Waals surface area contributed by atoms with Crippen molar-refractivity contribution >= 4 is 27.6 Å². The molecule has 136 valence electrons. The fourth-order valence-electron chi connectivity index (χ4n) is 2.56. The standard InChI is InChI=1S/C21H13BrF3NO/c1-13-2-8-18(19(22)10-13)20-9-7-17(27-20)11-15(12-26)14-3-5-16(6-4-14)21(23,24)25/h2-11H,1H3/b15-11-. The van der Waals surface area contributed by atoms with Crippen molar-refractivity contribution < 1.29 is 17.6 Å². The second kappa shape index (κ2) is 7.45. The molecular weight excluding hydrogens is 419 g/mol. The van der Waals surface area contributed by atoms with Crippen molar-refractivity contribution in [2.75, 3.05) is 0 Å². The Kier molecular flexibility index (Phi) is 5.24. The van der Waals surface area contributed by atoms with E-state index in [0.29, 0.717) is 17.1 Å². The van der Waals surface area contributed by atoms with E-state index in [1.807, 2.05) is 31.2 Å². The normalized spacial score (nSPS) is 12.1. The number of benzene rings is 2. The fraction of sp³-hybridized carbons (Fsp3) is 0.0952. The lowest BCUT2D eigenvalue weighted by Crippen LogP contribution is -2.04. The fourth-order valence-corrected chi connectivity index (χ4v) is 3.24. The van der Waals surface area contributed by atoms with Crippen LogP contribution in [0.25, 0.3) is 23.0 Å². The van der Waals surface area contributed by atoms with Gasteiger partial charge in [0.2, 0.25) is 0 Å². The number of hydrogen-bond acceptors (Lipinski definition) is 2. The maximum absolute atomic E-state index is 12.7. The Balaban J connectivity index is 1.91. The lowest BCUT2D eigenvalue weighted by atomic mass is 10.0. The monoisotopic (exact) mass is 431 g/mol. The molecule has 0 N–H and O–H groups in total. The number of furan rings is 1. The van der Waals surface area contributed by atoms with Crippen LogP contribution in [0.4, 0.5) is 13.2 Å². The van der Waals surface area contributed by atoms with Gasteiger partial charge < -0.3 is 4.42 Å². The van der Waals surface area contributed by atoms with Gasteiger partial charge in [0.05, 0.1) is 17.2 Å². The van der Waals surface area contributed by atoms with Crippen LogP contribution in [0.15, 0.2) is 63.5 Å². The molecule has 0 radical (unpaired) electrons. The number of nitriles is 1. The highest BCUT2D eigenvalue weighted by molar-refractivity contribution is 9.10. The second-order valence-electron chi connectivity index (χ2n) is 5.93. The average molecular weight is 432 g/mol. The van der Waals surface area contributed by atoms with E-state index in [2.05, 4.69) is 15.9 Å². The molecule has 0 unspecified atom stereocenters. The van der Waals surface area contributed by atoms with Crippen molar-refractivity contribution in [3.63, 3.8) is 0 Å². The van der Waals surface area contributed by atoms with Gasteiger partial charge in [0.1, 0.15) is 11.5 Å². The zero-order valence-electron chi connectivity index (χ0n) is 14.1. The third-order valence-corrected chi connectivity index (χ3v) is 4.60. The van der Waals surface area contributed by atoms with E-state index in [0.717, 1.165) is 27.7 Å². The van der Waals surface area contributed by atoms with Crippen molar-refractivity contribution in [1.82, 2.24) is 0 Å². The summed E-state index contributed by atoms with van der Waals surface area (Å²) in [4.78, 5) is 0. The zero-order valence-corrected chi connectivity index (χ0v) is 15.7. The van der Waals surface area contributed by atoms with Crippen LogP contribution >= 0.6 is 15.9 Å². The molecule has 0 saturated heterocycles. The molecule has 0 spiro atoms. The molecular formula is C21H13BrF3NO. The quantitative estimate of drug-likeness (QED) is 0.414. The Morgan fingerprint density at radius 1 is 1.07 bits per heavy atom. The summed E-state index contributed by atoms with van der Waals surface area (Å²) in [6, 6.07) is 15.8. The number of hydrogen-bond donors (Lipinski definition) is 0. The lowest BCUT2D eigenvalue weighted by molar-refractivity contribution is -0.137. The highest BCUT2D eigenvalue weighted by Gasteiger charge is 2.30. The predicted octanol–water partition coefficient (Wildman–Crippen LogP) is 7.10. The minimum Gasteiger partial charge on any atom is -0.457 e. The van der Waals surface area contributed by atoms with E-state index in [1.54, 1.807) is 12.1 Å². The first kappa shape index (κ1) is 19.0. The van der Waals surface area contributed by atoms with Gasteiger partial charge in [0.25, 0.3) is 0 Å². The van der Waals surface area contributed by atoms with Crippen molar-refractivity contribution in [3.8, 4) is 17.4 Å². The number of halogens is 4. The van der Waals surface area contributed by atoms with E-state index in [9.17, 15) is 18.4 Å². The predicted molar refractivity (Wildman–Crippen MR) is 102 cm³/mol. The van der Waals surface area contributed by atoms with Crippen molar-refractivity contribution in [1.29, 1.82) is 5.26 Å². The summed E-state index contributed by atoms with van der Waals surface area (Å²) in [5, 5.41) is 9.38. The lowest BCUT2D eigenvalue weighted by Gasteiger charge is -2.07. The minimum atomic E-state index is -4.41. The van der Waals surface area contributed by atoms with Gasteiger partial charge in [-0.3, -0.25) is 0 Å². The molecule has 0 aliphatic rings. The Bertz CT molecular complexity index is 1040. The Labute approximate surface area is 162 Å². The van der Waals surface area contributed by atoms with Crippen LogP contribution in [-0.4, -0.2) is 0 Å². The van der Waals surface area contributed by atoms with E-state index in [-0.39, 0.29) is 5.57 Å². The summed E-state index contributed by atoms with van der Waals surface area (Å²) >= 11 is 3.50. The van der Waals surface area contributed by atoms with Gasteiger partial charge in [0, 0.05) is 10.0 Å². The molecule has 6 heteroatoms. The zero-order chi connectivity index (χ0) is 19.6. The number of alkyl halides is 3. The van der Waals surface area contributed by atoms with Crippen LogP contribution in [0.2, 0.25) is 0 Å². The van der Waals surface area contributed by atoms with E-state index in [4.69, 9.17) is 4.42 Å². The first-order chi connectivity index (χ1) is 12.8. The van der Waals surface area contributed by atoms with Crippen LogP contribution in [0.5, 0.6) is 0 Å². The van der Waals surface area contributed by atoms with Crippen LogP contribution < -0.4 is 0 Å². The Hall–Kier alpha value is -2.78. The number of allylic oxidation sites excluding steroid dienone is 1. The topological polar surface area (TPSA) is 36.9 Å². The molecule has 2 aromatic carbocycles. The molecule has 0 bridgehead atoms. The van der Waals surface area contributed by atoms with Gasteiger partial charge in [0.15, 0.2) is 0 Å². The summed E-state index contributed by atoms with van der Waals surface area (Å²) < 4.78 is 44.7. The van der Waals surface area contributed by atoms with Crippen LogP contribution in [0.3, 0.4) is 0 Å². The summed E-state index contributed by atoms with van der Waals surface area (Å²) in [6.07, 6.45) is -2.90. The minimum absolute atomic E-state index is 0.215. The first-order valence-corrected chi connectivity index (χ1v) is 8.73. The van der Waals surface area contributed by atoms with Crippen molar-refractivity contribution in [2.45, 2.75) is 13.1 Å². The summed E-state index contributed by atoms with van der Waals surface area (Å²) in [5.74, 6) is 1.06. The van der Waals surface area contributed by atoms with Crippen LogP contribution in [-0.2, 0) is 6.18 Å². The van der Waals surface area contributed by atoms with Crippen LogP contribution in [0, 0.1) is 18.3 Å². The largest absolute Gasteiger partial charge is 0.457 e. The van der Waals surface area contributed by atoms with Crippen molar-refractivity contribution in [2.24, 2.45) is 0 Å². The molecule has 2 nitrogen and oxygen atoms in total. The molecule has 0 fully saturated rings. The molecule has 3 rings (SSSR count). The maximum atomic E-state index is 12.7. The van der Waals surface area contributed by atoms with Crippen molar-refractivity contribution in [3.05, 3.63) is 81.5 Å².